The summed E-state index contributed by atoms with van der Waals surface area (Å²) in [5.74, 6) is -0.268. The lowest BCUT2D eigenvalue weighted by atomic mass is 10.1. The zero-order valence-corrected chi connectivity index (χ0v) is 15.6. The van der Waals surface area contributed by atoms with Gasteiger partial charge in [-0.3, -0.25) is 0 Å². The molecule has 0 amide bonds. The molecular formula is C21H21ClFN3O. The summed E-state index contributed by atoms with van der Waals surface area (Å²) in [6.45, 7) is 2.31. The van der Waals surface area contributed by atoms with E-state index in [0.29, 0.717) is 11.6 Å². The third kappa shape index (κ3) is 4.21. The Labute approximate surface area is 162 Å². The molecule has 1 N–H and O–H groups in total. The van der Waals surface area contributed by atoms with Crippen molar-refractivity contribution in [2.24, 2.45) is 0 Å². The molecule has 140 valence electrons. The van der Waals surface area contributed by atoms with Crippen molar-refractivity contribution in [3.63, 3.8) is 0 Å². The monoisotopic (exact) mass is 385 g/mol. The Bertz CT molecular complexity index is 904. The van der Waals surface area contributed by atoms with E-state index in [9.17, 15) is 4.39 Å². The van der Waals surface area contributed by atoms with E-state index in [2.05, 4.69) is 5.32 Å². The van der Waals surface area contributed by atoms with E-state index >= 15 is 0 Å². The summed E-state index contributed by atoms with van der Waals surface area (Å²) < 4.78 is 20.7. The zero-order valence-electron chi connectivity index (χ0n) is 14.9. The Hall–Kier alpha value is -2.21. The molecule has 1 aromatic heterocycles. The third-order valence-electron chi connectivity index (χ3n) is 4.72. The third-order valence-corrected chi connectivity index (χ3v) is 5.05. The van der Waals surface area contributed by atoms with Gasteiger partial charge in [0.2, 0.25) is 0 Å². The molecule has 2 heterocycles. The number of rotatable bonds is 6. The van der Waals surface area contributed by atoms with Gasteiger partial charge in [-0.05, 0) is 43.2 Å². The number of benzene rings is 2. The highest BCUT2D eigenvalue weighted by molar-refractivity contribution is 6.33. The van der Waals surface area contributed by atoms with E-state index in [1.54, 1.807) is 16.8 Å². The van der Waals surface area contributed by atoms with Crippen molar-refractivity contribution in [3.05, 3.63) is 71.1 Å². The lowest BCUT2D eigenvalue weighted by Gasteiger charge is -2.10. The summed E-state index contributed by atoms with van der Waals surface area (Å²) in [6, 6.07) is 14.0. The van der Waals surface area contributed by atoms with Crippen LogP contribution in [0.25, 0.3) is 16.9 Å². The average molecular weight is 386 g/mol. The normalized spacial score (nSPS) is 16.7. The minimum absolute atomic E-state index is 0.268. The Morgan fingerprint density at radius 1 is 1.19 bits per heavy atom. The molecule has 0 unspecified atom stereocenters. The molecule has 1 saturated heterocycles. The van der Waals surface area contributed by atoms with Gasteiger partial charge in [-0.25, -0.2) is 9.07 Å². The van der Waals surface area contributed by atoms with Crippen molar-refractivity contribution in [2.45, 2.75) is 25.5 Å². The van der Waals surface area contributed by atoms with Crippen LogP contribution >= 0.6 is 11.6 Å². The van der Waals surface area contributed by atoms with Gasteiger partial charge in [0.25, 0.3) is 0 Å². The maximum atomic E-state index is 13.3. The first-order chi connectivity index (χ1) is 13.2. The molecule has 0 saturated carbocycles. The van der Waals surface area contributed by atoms with Crippen LogP contribution in [0.2, 0.25) is 5.02 Å². The molecule has 2 aromatic carbocycles. The number of nitrogens with zero attached hydrogens (tertiary/aromatic N) is 2. The minimum atomic E-state index is -0.268. The van der Waals surface area contributed by atoms with Gasteiger partial charge in [-0.15, -0.1) is 0 Å². The summed E-state index contributed by atoms with van der Waals surface area (Å²) >= 11 is 6.41. The van der Waals surface area contributed by atoms with Crippen LogP contribution in [-0.4, -0.2) is 29.0 Å². The molecule has 27 heavy (non-hydrogen) atoms. The van der Waals surface area contributed by atoms with Crippen LogP contribution in [-0.2, 0) is 11.3 Å². The molecule has 4 nitrogen and oxygen atoms in total. The topological polar surface area (TPSA) is 39.1 Å². The summed E-state index contributed by atoms with van der Waals surface area (Å²) in [5, 5.41) is 8.85. The van der Waals surface area contributed by atoms with Crippen LogP contribution in [0, 0.1) is 5.82 Å². The standard InChI is InChI=1S/C21H21ClFN3O/c22-20-6-2-1-5-19(20)21-15(12-24-13-18-4-3-11-27-18)14-26(25-21)17-9-7-16(23)8-10-17/h1-2,5-10,14,18,24H,3-4,11-13H2/t18-/m1/s1. The molecule has 0 bridgehead atoms. The fourth-order valence-corrected chi connectivity index (χ4v) is 3.54. The lowest BCUT2D eigenvalue weighted by Crippen LogP contribution is -2.25. The maximum Gasteiger partial charge on any atom is 0.123 e. The predicted molar refractivity (Wildman–Crippen MR) is 105 cm³/mol. The Morgan fingerprint density at radius 2 is 2.00 bits per heavy atom. The molecule has 1 fully saturated rings. The Kier molecular flexibility index (Phi) is 5.53. The summed E-state index contributed by atoms with van der Waals surface area (Å²) in [6.07, 6.45) is 4.47. The van der Waals surface area contributed by atoms with Crippen LogP contribution in [0.5, 0.6) is 0 Å². The van der Waals surface area contributed by atoms with Crippen LogP contribution in [0.1, 0.15) is 18.4 Å². The van der Waals surface area contributed by atoms with E-state index in [0.717, 1.165) is 48.5 Å². The Balaban J connectivity index is 1.62. The van der Waals surface area contributed by atoms with Crippen LogP contribution in [0.3, 0.4) is 0 Å². The van der Waals surface area contributed by atoms with Crippen molar-refractivity contribution >= 4 is 11.6 Å². The van der Waals surface area contributed by atoms with Gasteiger partial charge in [-0.1, -0.05) is 29.8 Å². The number of nitrogens with one attached hydrogen (secondary N) is 1. The van der Waals surface area contributed by atoms with Gasteiger partial charge in [-0.2, -0.15) is 5.10 Å². The van der Waals surface area contributed by atoms with Gasteiger partial charge < -0.3 is 10.1 Å². The predicted octanol–water partition coefficient (Wildman–Crippen LogP) is 4.60. The smallest absolute Gasteiger partial charge is 0.123 e. The zero-order chi connectivity index (χ0) is 18.6. The summed E-state index contributed by atoms with van der Waals surface area (Å²) in [4.78, 5) is 0. The van der Waals surface area contributed by atoms with Crippen LogP contribution in [0.4, 0.5) is 4.39 Å². The van der Waals surface area contributed by atoms with Gasteiger partial charge >= 0.3 is 0 Å². The van der Waals surface area contributed by atoms with E-state index in [4.69, 9.17) is 21.4 Å². The van der Waals surface area contributed by atoms with Gasteiger partial charge in [0.1, 0.15) is 5.82 Å². The second kappa shape index (κ2) is 8.21. The molecule has 6 heteroatoms. The van der Waals surface area contributed by atoms with Crippen molar-refractivity contribution in [2.75, 3.05) is 13.2 Å². The number of aromatic nitrogens is 2. The fraction of sp³-hybridized carbons (Fsp3) is 0.286. The maximum absolute atomic E-state index is 13.3. The number of hydrogen-bond donors (Lipinski definition) is 1. The molecule has 1 atom stereocenters. The highest BCUT2D eigenvalue weighted by Crippen LogP contribution is 2.30. The van der Waals surface area contributed by atoms with Gasteiger partial charge in [0, 0.05) is 37.0 Å². The molecule has 0 spiro atoms. The number of ether oxygens (including phenoxy) is 1. The number of halogens is 2. The summed E-state index contributed by atoms with van der Waals surface area (Å²) in [5.41, 5.74) is 3.54. The van der Waals surface area contributed by atoms with Crippen molar-refractivity contribution in [3.8, 4) is 16.9 Å². The van der Waals surface area contributed by atoms with E-state index < -0.39 is 0 Å². The van der Waals surface area contributed by atoms with Gasteiger partial charge in [0.05, 0.1) is 22.5 Å². The largest absolute Gasteiger partial charge is 0.377 e. The van der Waals surface area contributed by atoms with Gasteiger partial charge in [0.15, 0.2) is 0 Å². The molecule has 4 rings (SSSR count). The fourth-order valence-electron chi connectivity index (χ4n) is 3.32. The minimum Gasteiger partial charge on any atom is -0.377 e. The van der Waals surface area contributed by atoms with Crippen LogP contribution in [0.15, 0.2) is 54.7 Å². The first-order valence-electron chi connectivity index (χ1n) is 9.12. The highest BCUT2D eigenvalue weighted by Gasteiger charge is 2.17. The molecule has 1 aliphatic heterocycles. The molecule has 0 radical (unpaired) electrons. The quantitative estimate of drug-likeness (QED) is 0.674. The van der Waals surface area contributed by atoms with E-state index in [1.807, 2.05) is 30.5 Å². The number of hydrogen-bond acceptors (Lipinski definition) is 3. The highest BCUT2D eigenvalue weighted by atomic mass is 35.5. The van der Waals surface area contributed by atoms with E-state index in [1.165, 1.54) is 12.1 Å². The second-order valence-corrected chi connectivity index (χ2v) is 7.08. The first-order valence-corrected chi connectivity index (χ1v) is 9.50. The molecule has 3 aromatic rings. The van der Waals surface area contributed by atoms with Crippen molar-refractivity contribution < 1.29 is 9.13 Å². The van der Waals surface area contributed by atoms with E-state index in [-0.39, 0.29) is 11.9 Å². The van der Waals surface area contributed by atoms with Crippen molar-refractivity contribution in [1.82, 2.24) is 15.1 Å². The first kappa shape index (κ1) is 18.2. The van der Waals surface area contributed by atoms with Crippen LogP contribution < -0.4 is 5.32 Å². The average Bonchev–Trinajstić information content (AvgIpc) is 3.33. The second-order valence-electron chi connectivity index (χ2n) is 6.67. The summed E-state index contributed by atoms with van der Waals surface area (Å²) in [7, 11) is 0. The Morgan fingerprint density at radius 3 is 2.74 bits per heavy atom. The van der Waals surface area contributed by atoms with Crippen molar-refractivity contribution in [1.29, 1.82) is 0 Å². The SMILES string of the molecule is Fc1ccc(-n2cc(CNC[C@H]3CCCO3)c(-c3ccccc3Cl)n2)cc1. The molecule has 0 aliphatic carbocycles. The lowest BCUT2D eigenvalue weighted by molar-refractivity contribution is 0.110. The molecular weight excluding hydrogens is 365 g/mol. The molecule has 1 aliphatic rings.